The third-order valence-corrected chi connectivity index (χ3v) is 3.58. The van der Waals surface area contributed by atoms with Crippen LogP contribution in [0.5, 0.6) is 0 Å². The number of pyridine rings is 1. The zero-order valence-corrected chi connectivity index (χ0v) is 13.8. The lowest BCUT2D eigenvalue weighted by Gasteiger charge is -2.10. The van der Waals surface area contributed by atoms with Gasteiger partial charge in [-0.1, -0.05) is 33.6 Å². The first-order valence-corrected chi connectivity index (χ1v) is 7.63. The van der Waals surface area contributed by atoms with Crippen LogP contribution in [0.15, 0.2) is 41.0 Å². The van der Waals surface area contributed by atoms with E-state index in [9.17, 15) is 4.79 Å². The first-order valence-electron chi connectivity index (χ1n) is 6.46. The number of aromatic nitrogens is 1. The predicted octanol–water partition coefficient (Wildman–Crippen LogP) is 4.25. The Morgan fingerprint density at radius 2 is 2.14 bits per heavy atom. The Labute approximate surface area is 137 Å². The molecule has 0 saturated heterocycles. The maximum atomic E-state index is 11.9. The molecule has 2 aromatic rings. The van der Waals surface area contributed by atoms with Gasteiger partial charge >= 0.3 is 0 Å². The topological polar surface area (TPSA) is 54.0 Å². The Bertz CT molecular complexity index is 649. The van der Waals surface area contributed by atoms with E-state index in [4.69, 9.17) is 11.6 Å². The molecule has 0 radical (unpaired) electrons. The highest BCUT2D eigenvalue weighted by molar-refractivity contribution is 9.10. The van der Waals surface area contributed by atoms with Gasteiger partial charge in [0.25, 0.3) is 0 Å². The fourth-order valence-electron chi connectivity index (χ4n) is 1.77. The minimum Gasteiger partial charge on any atom is -0.384 e. The molecule has 2 N–H and O–H groups in total. The van der Waals surface area contributed by atoms with E-state index in [0.29, 0.717) is 18.1 Å². The largest absolute Gasteiger partial charge is 0.384 e. The van der Waals surface area contributed by atoms with Crippen molar-refractivity contribution in [2.24, 2.45) is 0 Å². The molecule has 0 unspecified atom stereocenters. The van der Waals surface area contributed by atoms with Crippen LogP contribution in [-0.4, -0.2) is 17.4 Å². The minimum atomic E-state index is -0.0381. The molecule has 2 rings (SSSR count). The third-order valence-electron chi connectivity index (χ3n) is 2.88. The van der Waals surface area contributed by atoms with Crippen LogP contribution in [0.3, 0.4) is 0 Å². The number of anilines is 2. The summed E-state index contributed by atoms with van der Waals surface area (Å²) in [4.78, 5) is 15.8. The van der Waals surface area contributed by atoms with Gasteiger partial charge in [0.05, 0.1) is 0 Å². The number of carbonyl (C=O) groups is 1. The van der Waals surface area contributed by atoms with Crippen LogP contribution in [0.2, 0.25) is 5.15 Å². The molecule has 1 heterocycles. The Balaban J connectivity index is 1.84. The summed E-state index contributed by atoms with van der Waals surface area (Å²) >= 11 is 9.19. The van der Waals surface area contributed by atoms with Gasteiger partial charge in [-0.2, -0.15) is 0 Å². The van der Waals surface area contributed by atoms with Crippen molar-refractivity contribution in [2.45, 2.75) is 13.3 Å². The van der Waals surface area contributed by atoms with Gasteiger partial charge in [0, 0.05) is 35.0 Å². The minimum absolute atomic E-state index is 0.0381. The smallest absolute Gasteiger partial charge is 0.226 e. The summed E-state index contributed by atoms with van der Waals surface area (Å²) in [6, 6.07) is 9.32. The van der Waals surface area contributed by atoms with Crippen molar-refractivity contribution in [1.82, 2.24) is 4.98 Å². The van der Waals surface area contributed by atoms with Gasteiger partial charge in [-0.25, -0.2) is 4.98 Å². The molecule has 0 bridgehead atoms. The number of nitrogens with one attached hydrogen (secondary N) is 2. The fraction of sp³-hybridized carbons (Fsp3) is 0.200. The molecule has 0 aliphatic heterocycles. The molecule has 1 aromatic carbocycles. The molecule has 0 aliphatic carbocycles. The van der Waals surface area contributed by atoms with Gasteiger partial charge < -0.3 is 10.6 Å². The van der Waals surface area contributed by atoms with Gasteiger partial charge in [0.2, 0.25) is 5.91 Å². The molecule has 0 spiro atoms. The zero-order chi connectivity index (χ0) is 15.2. The number of benzene rings is 1. The second-order valence-corrected chi connectivity index (χ2v) is 5.85. The van der Waals surface area contributed by atoms with E-state index in [2.05, 4.69) is 31.5 Å². The molecule has 110 valence electrons. The van der Waals surface area contributed by atoms with Crippen molar-refractivity contribution >= 4 is 44.8 Å². The van der Waals surface area contributed by atoms with Gasteiger partial charge in [-0.3, -0.25) is 4.79 Å². The van der Waals surface area contributed by atoms with Crippen LogP contribution in [0.1, 0.15) is 12.0 Å². The molecule has 1 amide bonds. The summed E-state index contributed by atoms with van der Waals surface area (Å²) in [6.45, 7) is 2.48. The summed E-state index contributed by atoms with van der Waals surface area (Å²) in [7, 11) is 0. The molecule has 21 heavy (non-hydrogen) atoms. The number of amides is 1. The summed E-state index contributed by atoms with van der Waals surface area (Å²) in [6.07, 6.45) is 1.99. The van der Waals surface area contributed by atoms with Gasteiger partial charge in [0.15, 0.2) is 0 Å². The molecule has 0 atom stereocenters. The SMILES string of the molecule is Cc1ccc(Br)cc1NC(=O)CCNc1ccnc(Cl)c1. The van der Waals surface area contributed by atoms with Crippen molar-refractivity contribution in [3.05, 3.63) is 51.7 Å². The number of rotatable bonds is 5. The summed E-state index contributed by atoms with van der Waals surface area (Å²) in [5.74, 6) is -0.0381. The zero-order valence-electron chi connectivity index (χ0n) is 11.5. The molecule has 0 saturated carbocycles. The van der Waals surface area contributed by atoms with E-state index in [1.165, 1.54) is 0 Å². The molecule has 4 nitrogen and oxygen atoms in total. The third kappa shape index (κ3) is 5.02. The summed E-state index contributed by atoms with van der Waals surface area (Å²) in [5, 5.41) is 6.46. The predicted molar refractivity (Wildman–Crippen MR) is 89.9 cm³/mol. The number of nitrogens with zero attached hydrogens (tertiary/aromatic N) is 1. The summed E-state index contributed by atoms with van der Waals surface area (Å²) < 4.78 is 0.938. The molecular formula is C15H15BrClN3O. The lowest BCUT2D eigenvalue weighted by atomic mass is 10.2. The number of carbonyl (C=O) groups excluding carboxylic acids is 1. The van der Waals surface area contributed by atoms with E-state index in [1.54, 1.807) is 12.3 Å². The number of halogens is 2. The van der Waals surface area contributed by atoms with Crippen LogP contribution in [0, 0.1) is 6.92 Å². The standard InChI is InChI=1S/C15H15BrClN3O/c1-10-2-3-11(16)8-13(10)20-15(21)5-7-18-12-4-6-19-14(17)9-12/h2-4,6,8-9H,5,7H2,1H3,(H,18,19)(H,20,21). The van der Waals surface area contributed by atoms with Crippen molar-refractivity contribution in [2.75, 3.05) is 17.2 Å². The number of hydrogen-bond acceptors (Lipinski definition) is 3. The molecule has 1 aromatic heterocycles. The first-order chi connectivity index (χ1) is 10.0. The van der Waals surface area contributed by atoms with Gasteiger partial charge in [-0.15, -0.1) is 0 Å². The fourth-order valence-corrected chi connectivity index (χ4v) is 2.31. The van der Waals surface area contributed by atoms with E-state index < -0.39 is 0 Å². The van der Waals surface area contributed by atoms with Crippen LogP contribution >= 0.6 is 27.5 Å². The number of aryl methyl sites for hydroxylation is 1. The highest BCUT2D eigenvalue weighted by Crippen LogP contribution is 2.20. The monoisotopic (exact) mass is 367 g/mol. The van der Waals surface area contributed by atoms with Crippen LogP contribution in [0.25, 0.3) is 0 Å². The Morgan fingerprint density at radius 1 is 1.33 bits per heavy atom. The van der Waals surface area contributed by atoms with Gasteiger partial charge in [0.1, 0.15) is 5.15 Å². The molecular weight excluding hydrogens is 354 g/mol. The Morgan fingerprint density at radius 3 is 2.90 bits per heavy atom. The van der Waals surface area contributed by atoms with E-state index >= 15 is 0 Å². The van der Waals surface area contributed by atoms with E-state index in [-0.39, 0.29) is 5.91 Å². The summed E-state index contributed by atoms with van der Waals surface area (Å²) in [5.41, 5.74) is 2.70. The molecule has 0 aliphatic rings. The Kier molecular flexibility index (Phi) is 5.59. The Hall–Kier alpha value is -1.59. The normalized spacial score (nSPS) is 10.2. The highest BCUT2D eigenvalue weighted by Gasteiger charge is 2.05. The second-order valence-electron chi connectivity index (χ2n) is 4.55. The second kappa shape index (κ2) is 7.43. The van der Waals surface area contributed by atoms with Crippen LogP contribution in [0.4, 0.5) is 11.4 Å². The van der Waals surface area contributed by atoms with Gasteiger partial charge in [-0.05, 0) is 36.8 Å². The van der Waals surface area contributed by atoms with Crippen molar-refractivity contribution < 1.29 is 4.79 Å². The van der Waals surface area contributed by atoms with Crippen LogP contribution < -0.4 is 10.6 Å². The van der Waals surface area contributed by atoms with Crippen molar-refractivity contribution in [3.8, 4) is 0 Å². The quantitative estimate of drug-likeness (QED) is 0.776. The van der Waals surface area contributed by atoms with Crippen molar-refractivity contribution in [1.29, 1.82) is 0 Å². The van der Waals surface area contributed by atoms with Crippen molar-refractivity contribution in [3.63, 3.8) is 0 Å². The lowest BCUT2D eigenvalue weighted by Crippen LogP contribution is -2.16. The molecule has 6 heteroatoms. The maximum absolute atomic E-state index is 11.9. The molecule has 0 fully saturated rings. The highest BCUT2D eigenvalue weighted by atomic mass is 79.9. The average molecular weight is 369 g/mol. The van der Waals surface area contributed by atoms with Crippen LogP contribution in [-0.2, 0) is 4.79 Å². The van der Waals surface area contributed by atoms with E-state index in [0.717, 1.165) is 21.4 Å². The van der Waals surface area contributed by atoms with E-state index in [1.807, 2.05) is 31.2 Å². The number of hydrogen-bond donors (Lipinski definition) is 2. The average Bonchev–Trinajstić information content (AvgIpc) is 2.43. The first kappa shape index (κ1) is 15.8. The maximum Gasteiger partial charge on any atom is 0.226 e. The lowest BCUT2D eigenvalue weighted by molar-refractivity contribution is -0.115.